The van der Waals surface area contributed by atoms with Crippen LogP contribution in [0.3, 0.4) is 0 Å². The fourth-order valence-electron chi connectivity index (χ4n) is 3.67. The van der Waals surface area contributed by atoms with E-state index in [1.807, 2.05) is 72.8 Å². The van der Waals surface area contributed by atoms with E-state index >= 15 is 0 Å². The molecule has 0 spiro atoms. The van der Waals surface area contributed by atoms with Crippen LogP contribution in [0.5, 0.6) is 5.75 Å². The molecule has 1 aliphatic rings. The van der Waals surface area contributed by atoms with Gasteiger partial charge in [-0.15, -0.1) is 0 Å². The maximum Gasteiger partial charge on any atom is 0.597 e. The predicted octanol–water partition coefficient (Wildman–Crippen LogP) is 6.90. The highest BCUT2D eigenvalue weighted by molar-refractivity contribution is 7.62. The van der Waals surface area contributed by atoms with E-state index in [1.54, 1.807) is 31.2 Å². The van der Waals surface area contributed by atoms with Crippen LogP contribution in [0, 0.1) is 0 Å². The summed E-state index contributed by atoms with van der Waals surface area (Å²) in [6, 6.07) is 29.6. The minimum atomic E-state index is -3.71. The first-order chi connectivity index (χ1) is 17.5. The van der Waals surface area contributed by atoms with E-state index in [2.05, 4.69) is 0 Å². The van der Waals surface area contributed by atoms with Gasteiger partial charge in [-0.2, -0.15) is 0 Å². The van der Waals surface area contributed by atoms with Crippen molar-refractivity contribution >= 4 is 42.0 Å². The van der Waals surface area contributed by atoms with E-state index in [9.17, 15) is 14.0 Å². The van der Waals surface area contributed by atoms with Crippen LogP contribution in [-0.4, -0.2) is 27.1 Å². The zero-order chi connectivity index (χ0) is 26.1. The molecule has 1 aromatic heterocycles. The maximum atomic E-state index is 12.0. The molecule has 0 fully saturated rings. The lowest BCUT2D eigenvalue weighted by Gasteiger charge is -2.24. The molecule has 0 saturated heterocycles. The Balaban J connectivity index is 0.000000171. The first-order valence-corrected chi connectivity index (χ1v) is 13.6. The summed E-state index contributed by atoms with van der Waals surface area (Å²) in [6.07, 6.45) is 0. The average Bonchev–Trinajstić information content (AvgIpc) is 2.91. The molecule has 0 bridgehead atoms. The molecule has 4 aromatic carbocycles. The van der Waals surface area contributed by atoms with Crippen molar-refractivity contribution in [3.63, 3.8) is 0 Å². The Labute approximate surface area is 208 Å². The van der Waals surface area contributed by atoms with Crippen molar-refractivity contribution in [1.82, 2.24) is 0 Å². The molecule has 10 heteroatoms. The van der Waals surface area contributed by atoms with Crippen LogP contribution in [0.2, 0.25) is 0 Å². The molecule has 6 rings (SSSR count). The smallest absolute Gasteiger partial charge is 0.421 e. The van der Waals surface area contributed by atoms with Gasteiger partial charge >= 0.3 is 15.2 Å². The average molecular weight is 527 g/mol. The van der Waals surface area contributed by atoms with Gasteiger partial charge in [-0.1, -0.05) is 66.7 Å². The Morgan fingerprint density at radius 3 is 2.03 bits per heavy atom. The fourth-order valence-corrected chi connectivity index (χ4v) is 6.00. The van der Waals surface area contributed by atoms with Gasteiger partial charge in [0.25, 0.3) is 0 Å². The second-order valence-corrected chi connectivity index (χ2v) is 10.2. The fraction of sp³-hybridized carbons (Fsp3) is 0.0769. The van der Waals surface area contributed by atoms with Gasteiger partial charge in [0.15, 0.2) is 5.58 Å². The van der Waals surface area contributed by atoms with Crippen molar-refractivity contribution in [3.05, 3.63) is 97.1 Å². The topological polar surface area (TPSA) is 137 Å². The van der Waals surface area contributed by atoms with Gasteiger partial charge in [-0.25, -0.2) is 8.76 Å². The van der Waals surface area contributed by atoms with Gasteiger partial charge in [-0.05, 0) is 41.8 Å². The Kier molecular flexibility index (Phi) is 9.51. The minimum absolute atomic E-state index is 0.250. The maximum absolute atomic E-state index is 12.0. The monoisotopic (exact) mass is 527 g/mol. The van der Waals surface area contributed by atoms with E-state index in [1.165, 1.54) is 0 Å². The molecule has 36 heavy (non-hydrogen) atoms. The third-order valence-electron chi connectivity index (χ3n) is 5.07. The summed E-state index contributed by atoms with van der Waals surface area (Å²) in [4.78, 5) is 9.81. The Morgan fingerprint density at radius 1 is 0.778 bits per heavy atom. The predicted molar refractivity (Wildman–Crippen MR) is 141 cm³/mol. The highest BCUT2D eigenvalue weighted by atomic mass is 31.2. The summed E-state index contributed by atoms with van der Waals surface area (Å²) in [5.74, 6) is 0.465. The van der Waals surface area contributed by atoms with Crippen LogP contribution in [0.4, 0.5) is 0 Å². The van der Waals surface area contributed by atoms with Crippen molar-refractivity contribution in [2.45, 2.75) is 6.92 Å². The zero-order valence-corrected chi connectivity index (χ0v) is 21.0. The molecule has 1 aliphatic heterocycles. The van der Waals surface area contributed by atoms with Crippen LogP contribution in [0.1, 0.15) is 6.92 Å². The van der Waals surface area contributed by atoms with E-state index in [4.69, 9.17) is 24.3 Å². The van der Waals surface area contributed by atoms with Gasteiger partial charge < -0.3 is 14.5 Å². The molecule has 8 nitrogen and oxygen atoms in total. The van der Waals surface area contributed by atoms with Crippen LogP contribution < -0.4 is 9.83 Å². The van der Waals surface area contributed by atoms with E-state index in [0.29, 0.717) is 16.6 Å². The molecule has 4 N–H and O–H groups in total. The number of hydrogen-bond acceptors (Lipinski definition) is 7. The number of aliphatic hydroxyl groups excluding tert-OH is 1. The zero-order valence-electron chi connectivity index (χ0n) is 19.3. The van der Waals surface area contributed by atoms with E-state index in [0.717, 1.165) is 27.0 Å². The minimum Gasteiger partial charge on any atom is -0.421 e. The van der Waals surface area contributed by atoms with Crippen LogP contribution in [0.15, 0.2) is 101 Å². The summed E-state index contributed by atoms with van der Waals surface area (Å²) >= 11 is 0. The van der Waals surface area contributed by atoms with Crippen molar-refractivity contribution in [1.29, 1.82) is 0 Å². The Bertz CT molecular complexity index is 1570. The number of aliphatic hydroxyl groups is 1. The summed E-state index contributed by atoms with van der Waals surface area (Å²) in [6.45, 7) is 1.93. The molecule has 0 radical (unpaired) electrons. The standard InChI is InChI=1S/C12H9O3P.C12H8O2P.C2H6O.H2O2/c13-16(14)12-8-4-2-6-10(12)9-5-1-3-7-11(9)15-16;13-15-12-8-4-2-6-10(12)9-5-1-3-7-11(9)14-15;1-2-3;1-2/h1-8H,(H,13,14);1-8H;3H,2H2,1H3;1-2H/q;+1;;. The molecule has 2 heterocycles. The number of rotatable bonds is 0. The molecule has 2 atom stereocenters. The lowest BCUT2D eigenvalue weighted by molar-refractivity contribution is -0.176. The number of fused-ring (bicyclic) bond motifs is 6. The SMILES string of the molecule is CCO.O=P1(O)Oc2ccccc2-c2ccccc21.O=[p+]1oc2ccccc2c2ccccc21.OO. The third kappa shape index (κ3) is 5.89. The Morgan fingerprint density at radius 2 is 1.31 bits per heavy atom. The molecule has 186 valence electrons. The highest BCUT2D eigenvalue weighted by Crippen LogP contribution is 2.51. The lowest BCUT2D eigenvalue weighted by Crippen LogP contribution is -2.16. The lowest BCUT2D eigenvalue weighted by atomic mass is 10.0. The van der Waals surface area contributed by atoms with E-state index < -0.39 is 15.2 Å². The molecule has 2 unspecified atom stereocenters. The second kappa shape index (κ2) is 12.6. The second-order valence-electron chi connectivity index (χ2n) is 7.30. The van der Waals surface area contributed by atoms with Gasteiger partial charge in [0.1, 0.15) is 5.75 Å². The summed E-state index contributed by atoms with van der Waals surface area (Å²) < 4.78 is 34.3. The van der Waals surface area contributed by atoms with Crippen molar-refractivity contribution < 1.29 is 38.4 Å². The van der Waals surface area contributed by atoms with Crippen molar-refractivity contribution in [3.8, 4) is 16.9 Å². The van der Waals surface area contributed by atoms with Gasteiger partial charge in [0.05, 0.1) is 5.30 Å². The van der Waals surface area contributed by atoms with Gasteiger partial charge in [0.2, 0.25) is 5.12 Å². The van der Waals surface area contributed by atoms with Gasteiger partial charge in [-0.3, -0.25) is 10.5 Å². The van der Waals surface area contributed by atoms with Crippen LogP contribution in [0.25, 0.3) is 32.6 Å². The first-order valence-electron chi connectivity index (χ1n) is 10.8. The van der Waals surface area contributed by atoms with Crippen LogP contribution in [-0.2, 0) is 9.13 Å². The third-order valence-corrected chi connectivity index (χ3v) is 7.66. The highest BCUT2D eigenvalue weighted by Gasteiger charge is 2.33. The molecule has 5 aromatic rings. The van der Waals surface area contributed by atoms with E-state index in [-0.39, 0.29) is 6.61 Å². The Hall–Kier alpha value is -3.35. The summed E-state index contributed by atoms with van der Waals surface area (Å²) in [7, 11) is -5.45. The first kappa shape index (κ1) is 27.2. The quantitative estimate of drug-likeness (QED) is 0.0739. The number of benzene rings is 4. The number of hydrogen-bond donors (Lipinski definition) is 4. The summed E-state index contributed by atoms with van der Waals surface area (Å²) in [5, 5.41) is 22.8. The summed E-state index contributed by atoms with van der Waals surface area (Å²) in [5.41, 5.74) is 2.34. The van der Waals surface area contributed by atoms with Crippen LogP contribution >= 0.6 is 15.2 Å². The number of para-hydroxylation sites is 2. The normalized spacial score (nSPS) is 15.4. The largest absolute Gasteiger partial charge is 0.597 e. The van der Waals surface area contributed by atoms with Crippen molar-refractivity contribution in [2.24, 2.45) is 0 Å². The molecule has 0 amide bonds. The molecular weight excluding hydrogens is 502 g/mol. The molecule has 0 saturated carbocycles. The molecule has 0 aliphatic carbocycles. The molecular formula is C26H25O8P2+. The van der Waals surface area contributed by atoms with Gasteiger partial charge in [0, 0.05) is 28.5 Å². The van der Waals surface area contributed by atoms with Crippen molar-refractivity contribution in [2.75, 3.05) is 6.61 Å².